The van der Waals surface area contributed by atoms with Crippen LogP contribution < -0.4 is 0 Å². The maximum Gasteiger partial charge on any atom is 0.317 e. The summed E-state index contributed by atoms with van der Waals surface area (Å²) >= 11 is 0.975. The Morgan fingerprint density at radius 1 is 1.26 bits per heavy atom. The van der Waals surface area contributed by atoms with Gasteiger partial charge in [0.2, 0.25) is 0 Å². The Morgan fingerprint density at radius 3 is 2.26 bits per heavy atom. The van der Waals surface area contributed by atoms with E-state index in [2.05, 4.69) is 0 Å². The number of carboxylic acids is 2. The van der Waals surface area contributed by atoms with E-state index in [1.54, 1.807) is 0 Å². The van der Waals surface area contributed by atoms with E-state index >= 15 is 0 Å². The standard InChI is InChI=1S/C11H11NO6S/c13-10(14)5-9(11(15)16)19-6-7-1-3-8(4-2-7)12(17)18/h1-4,9H,5-6H2,(H,13,14)(H,15,16). The maximum absolute atomic E-state index is 10.8. The second-order valence-electron chi connectivity index (χ2n) is 3.66. The number of hydrogen-bond donors (Lipinski definition) is 2. The molecule has 102 valence electrons. The van der Waals surface area contributed by atoms with Gasteiger partial charge in [0.1, 0.15) is 5.25 Å². The number of thioether (sulfide) groups is 1. The summed E-state index contributed by atoms with van der Waals surface area (Å²) in [4.78, 5) is 31.2. The molecule has 0 radical (unpaired) electrons. The smallest absolute Gasteiger partial charge is 0.317 e. The van der Waals surface area contributed by atoms with Crippen LogP contribution in [-0.4, -0.2) is 32.3 Å². The summed E-state index contributed by atoms with van der Waals surface area (Å²) in [6.07, 6.45) is -0.465. The summed E-state index contributed by atoms with van der Waals surface area (Å²) in [6, 6.07) is 5.68. The third kappa shape index (κ3) is 4.96. The molecule has 1 unspecified atom stereocenters. The van der Waals surface area contributed by atoms with Gasteiger partial charge in [0.05, 0.1) is 11.3 Å². The van der Waals surface area contributed by atoms with E-state index in [1.165, 1.54) is 24.3 Å². The van der Waals surface area contributed by atoms with Gasteiger partial charge in [-0.3, -0.25) is 19.7 Å². The molecule has 2 N–H and O–H groups in total. The number of hydrogen-bond acceptors (Lipinski definition) is 5. The van der Waals surface area contributed by atoms with Crippen molar-refractivity contribution >= 4 is 29.4 Å². The number of carboxylic acid groups (broad SMARTS) is 2. The van der Waals surface area contributed by atoms with Crippen molar-refractivity contribution in [3.63, 3.8) is 0 Å². The number of non-ortho nitro benzene ring substituents is 1. The summed E-state index contributed by atoms with van der Waals surface area (Å²) in [6.45, 7) is 0. The van der Waals surface area contributed by atoms with E-state index in [-0.39, 0.29) is 11.4 Å². The van der Waals surface area contributed by atoms with Gasteiger partial charge in [0.25, 0.3) is 5.69 Å². The Morgan fingerprint density at radius 2 is 1.84 bits per heavy atom. The first-order chi connectivity index (χ1) is 8.90. The SMILES string of the molecule is O=C(O)CC(SCc1ccc([N+](=O)[O-])cc1)C(=O)O. The minimum atomic E-state index is -1.19. The third-order valence-corrected chi connectivity index (χ3v) is 3.50. The second kappa shape index (κ2) is 6.74. The molecule has 7 nitrogen and oxygen atoms in total. The normalized spacial score (nSPS) is 11.8. The number of carbonyl (C=O) groups is 2. The van der Waals surface area contributed by atoms with Gasteiger partial charge in [-0.05, 0) is 5.56 Å². The summed E-state index contributed by atoms with van der Waals surface area (Å²) in [5.41, 5.74) is 0.654. The molecule has 1 rings (SSSR count). The lowest BCUT2D eigenvalue weighted by Crippen LogP contribution is -2.20. The number of nitrogens with zero attached hydrogens (tertiary/aromatic N) is 1. The van der Waals surface area contributed by atoms with Crippen LogP contribution in [0.4, 0.5) is 5.69 Å². The van der Waals surface area contributed by atoms with Crippen molar-refractivity contribution < 1.29 is 24.7 Å². The molecule has 0 heterocycles. The van der Waals surface area contributed by atoms with E-state index < -0.39 is 28.5 Å². The predicted molar refractivity (Wildman–Crippen MR) is 68.1 cm³/mol. The minimum absolute atomic E-state index is 0.0472. The van der Waals surface area contributed by atoms with Crippen LogP contribution in [0.1, 0.15) is 12.0 Å². The van der Waals surface area contributed by atoms with Gasteiger partial charge in [0, 0.05) is 17.9 Å². The lowest BCUT2D eigenvalue weighted by Gasteiger charge is -2.09. The summed E-state index contributed by atoms with van der Waals surface area (Å²) < 4.78 is 0. The van der Waals surface area contributed by atoms with Gasteiger partial charge in [-0.25, -0.2) is 0 Å². The van der Waals surface area contributed by atoms with E-state index in [0.29, 0.717) is 5.56 Å². The molecular weight excluding hydrogens is 274 g/mol. The maximum atomic E-state index is 10.8. The first kappa shape index (κ1) is 15.0. The molecule has 0 fully saturated rings. The molecule has 0 aliphatic rings. The van der Waals surface area contributed by atoms with Gasteiger partial charge in [0.15, 0.2) is 0 Å². The number of nitro benzene ring substituents is 1. The van der Waals surface area contributed by atoms with Crippen molar-refractivity contribution in [3.8, 4) is 0 Å². The molecule has 0 saturated heterocycles. The lowest BCUT2D eigenvalue weighted by atomic mass is 10.2. The fourth-order valence-electron chi connectivity index (χ4n) is 1.29. The monoisotopic (exact) mass is 285 g/mol. The van der Waals surface area contributed by atoms with Crippen LogP contribution in [0.5, 0.6) is 0 Å². The van der Waals surface area contributed by atoms with Crippen LogP contribution in [0, 0.1) is 10.1 Å². The van der Waals surface area contributed by atoms with Crippen LogP contribution >= 0.6 is 11.8 Å². The highest BCUT2D eigenvalue weighted by Gasteiger charge is 2.21. The Balaban J connectivity index is 2.61. The van der Waals surface area contributed by atoms with Crippen LogP contribution in [0.25, 0.3) is 0 Å². The molecule has 1 aromatic rings. The average molecular weight is 285 g/mol. The van der Waals surface area contributed by atoms with Crippen molar-refractivity contribution in [2.24, 2.45) is 0 Å². The van der Waals surface area contributed by atoms with Gasteiger partial charge < -0.3 is 10.2 Å². The topological polar surface area (TPSA) is 118 Å². The summed E-state index contributed by atoms with van der Waals surface area (Å²) in [7, 11) is 0. The Labute approximate surface area is 112 Å². The Bertz CT molecular complexity index is 486. The van der Waals surface area contributed by atoms with Gasteiger partial charge in [-0.1, -0.05) is 12.1 Å². The predicted octanol–water partition coefficient (Wildman–Crippen LogP) is 1.76. The molecule has 0 aromatic heterocycles. The van der Waals surface area contributed by atoms with E-state index in [1.807, 2.05) is 0 Å². The van der Waals surface area contributed by atoms with Crippen molar-refractivity contribution in [1.82, 2.24) is 0 Å². The molecule has 1 atom stereocenters. The van der Waals surface area contributed by atoms with E-state index in [4.69, 9.17) is 10.2 Å². The summed E-state index contributed by atoms with van der Waals surface area (Å²) in [5.74, 6) is -2.08. The Kier molecular flexibility index (Phi) is 5.31. The van der Waals surface area contributed by atoms with Crippen molar-refractivity contribution in [2.45, 2.75) is 17.4 Å². The fraction of sp³-hybridized carbons (Fsp3) is 0.273. The van der Waals surface area contributed by atoms with Gasteiger partial charge >= 0.3 is 11.9 Å². The van der Waals surface area contributed by atoms with Crippen LogP contribution in [0.3, 0.4) is 0 Å². The third-order valence-electron chi connectivity index (χ3n) is 2.23. The zero-order chi connectivity index (χ0) is 14.4. The lowest BCUT2D eigenvalue weighted by molar-refractivity contribution is -0.384. The van der Waals surface area contributed by atoms with E-state index in [9.17, 15) is 19.7 Å². The minimum Gasteiger partial charge on any atom is -0.481 e. The highest BCUT2D eigenvalue weighted by Crippen LogP contribution is 2.22. The molecule has 1 aromatic carbocycles. The molecule has 0 aliphatic heterocycles. The molecule has 0 spiro atoms. The molecule has 19 heavy (non-hydrogen) atoms. The molecule has 0 bridgehead atoms. The van der Waals surface area contributed by atoms with Crippen LogP contribution in [-0.2, 0) is 15.3 Å². The number of rotatable bonds is 7. The number of benzene rings is 1. The zero-order valence-electron chi connectivity index (χ0n) is 9.68. The second-order valence-corrected chi connectivity index (χ2v) is 4.85. The first-order valence-electron chi connectivity index (χ1n) is 5.19. The highest BCUT2D eigenvalue weighted by molar-refractivity contribution is 7.99. The van der Waals surface area contributed by atoms with Gasteiger partial charge in [-0.2, -0.15) is 0 Å². The quantitative estimate of drug-likeness (QED) is 0.578. The Hall–Kier alpha value is -2.09. The molecule has 0 aliphatic carbocycles. The highest BCUT2D eigenvalue weighted by atomic mass is 32.2. The van der Waals surface area contributed by atoms with Crippen molar-refractivity contribution in [3.05, 3.63) is 39.9 Å². The fourth-order valence-corrected chi connectivity index (χ4v) is 2.28. The average Bonchev–Trinajstić information content (AvgIpc) is 2.34. The van der Waals surface area contributed by atoms with Crippen LogP contribution in [0.15, 0.2) is 24.3 Å². The molecule has 0 saturated carbocycles. The van der Waals surface area contributed by atoms with Crippen LogP contribution in [0.2, 0.25) is 0 Å². The molecular formula is C11H11NO6S. The van der Waals surface area contributed by atoms with E-state index in [0.717, 1.165) is 11.8 Å². The number of nitro groups is 1. The molecule has 0 amide bonds. The molecule has 8 heteroatoms. The number of aliphatic carboxylic acids is 2. The largest absolute Gasteiger partial charge is 0.481 e. The van der Waals surface area contributed by atoms with Gasteiger partial charge in [-0.15, -0.1) is 11.8 Å². The van der Waals surface area contributed by atoms with Crippen molar-refractivity contribution in [2.75, 3.05) is 0 Å². The zero-order valence-corrected chi connectivity index (χ0v) is 10.5. The first-order valence-corrected chi connectivity index (χ1v) is 6.24. The van der Waals surface area contributed by atoms with Crippen molar-refractivity contribution in [1.29, 1.82) is 0 Å². The summed E-state index contributed by atoms with van der Waals surface area (Å²) in [5, 5.41) is 26.8.